The fraction of sp³-hybridized carbons (Fsp3) is 0.250. The fourth-order valence-corrected chi connectivity index (χ4v) is 2.05. The number of hydrogen-bond acceptors (Lipinski definition) is 3. The number of nitrogens with two attached hydrogens (primary N) is 1. The Morgan fingerprint density at radius 3 is 2.67 bits per heavy atom. The van der Waals surface area contributed by atoms with Gasteiger partial charge in [0, 0.05) is 25.6 Å². The zero-order chi connectivity index (χ0) is 15.1. The third-order valence-corrected chi connectivity index (χ3v) is 3.28. The Kier molecular flexibility index (Phi) is 5.51. The number of thiocarbonyl (C=S) groups is 1. The number of benzene rings is 1. The van der Waals surface area contributed by atoms with Crippen LogP contribution >= 0.6 is 12.2 Å². The average Bonchev–Trinajstić information content (AvgIpc) is 2.49. The van der Waals surface area contributed by atoms with Crippen LogP contribution in [0.1, 0.15) is 12.0 Å². The molecule has 0 aliphatic carbocycles. The van der Waals surface area contributed by atoms with Crippen LogP contribution in [0.3, 0.4) is 0 Å². The highest BCUT2D eigenvalue weighted by Crippen LogP contribution is 2.05. The summed E-state index contributed by atoms with van der Waals surface area (Å²) < 4.78 is 7.16. The lowest BCUT2D eigenvalue weighted by Gasteiger charge is -2.09. The number of hydrogen-bond donors (Lipinski definition) is 1. The largest absolute Gasteiger partial charge is 0.488 e. The fourth-order valence-electron chi connectivity index (χ4n) is 1.95. The molecule has 1 heterocycles. The summed E-state index contributed by atoms with van der Waals surface area (Å²) in [5.41, 5.74) is 6.49. The second-order valence-electron chi connectivity index (χ2n) is 4.67. The van der Waals surface area contributed by atoms with Crippen molar-refractivity contribution in [1.82, 2.24) is 4.57 Å². The molecule has 0 bridgehead atoms. The van der Waals surface area contributed by atoms with E-state index in [4.69, 9.17) is 22.7 Å². The van der Waals surface area contributed by atoms with Gasteiger partial charge in [0.1, 0.15) is 0 Å². The summed E-state index contributed by atoms with van der Waals surface area (Å²) in [5, 5.41) is 0. The Labute approximate surface area is 129 Å². The molecule has 4 nitrogen and oxygen atoms in total. The van der Waals surface area contributed by atoms with Gasteiger partial charge in [0.05, 0.1) is 11.6 Å². The quantitative estimate of drug-likeness (QED) is 0.796. The van der Waals surface area contributed by atoms with Crippen molar-refractivity contribution in [3.05, 3.63) is 64.6 Å². The van der Waals surface area contributed by atoms with Crippen LogP contribution in [0.25, 0.3) is 0 Å². The van der Waals surface area contributed by atoms with E-state index in [-0.39, 0.29) is 5.56 Å². The van der Waals surface area contributed by atoms with E-state index in [0.717, 1.165) is 6.42 Å². The van der Waals surface area contributed by atoms with Crippen molar-refractivity contribution in [2.75, 3.05) is 6.61 Å². The summed E-state index contributed by atoms with van der Waals surface area (Å²) in [5.74, 6) is 0.358. The molecule has 110 valence electrons. The molecular formula is C16H18N2O2S. The molecule has 2 rings (SSSR count). The van der Waals surface area contributed by atoms with Gasteiger partial charge < -0.3 is 15.0 Å². The van der Waals surface area contributed by atoms with E-state index in [2.05, 4.69) is 0 Å². The molecular weight excluding hydrogens is 284 g/mol. The number of pyridine rings is 1. The molecule has 0 unspecified atom stereocenters. The summed E-state index contributed by atoms with van der Waals surface area (Å²) >= 11 is 4.83. The second-order valence-corrected chi connectivity index (χ2v) is 5.20. The number of ether oxygens (including phenoxy) is 1. The van der Waals surface area contributed by atoms with Gasteiger partial charge in [-0.15, -0.1) is 0 Å². The molecule has 0 fully saturated rings. The van der Waals surface area contributed by atoms with Gasteiger partial charge in [-0.05, 0) is 17.7 Å². The lowest BCUT2D eigenvalue weighted by molar-refractivity contribution is 0.314. The minimum absolute atomic E-state index is 0.151. The Morgan fingerprint density at radius 2 is 1.95 bits per heavy atom. The van der Waals surface area contributed by atoms with E-state index in [9.17, 15) is 4.79 Å². The van der Waals surface area contributed by atoms with Crippen LogP contribution in [0.4, 0.5) is 0 Å². The zero-order valence-corrected chi connectivity index (χ0v) is 12.5. The normalized spacial score (nSPS) is 10.3. The zero-order valence-electron chi connectivity index (χ0n) is 11.7. The van der Waals surface area contributed by atoms with E-state index in [0.29, 0.717) is 30.3 Å². The maximum absolute atomic E-state index is 12.2. The third kappa shape index (κ3) is 4.72. The highest BCUT2D eigenvalue weighted by atomic mass is 32.1. The van der Waals surface area contributed by atoms with E-state index in [1.54, 1.807) is 22.9 Å². The summed E-state index contributed by atoms with van der Waals surface area (Å²) in [6, 6.07) is 13.5. The molecule has 5 heteroatoms. The molecule has 0 amide bonds. The minimum Gasteiger partial charge on any atom is -0.488 e. The Balaban J connectivity index is 1.95. The molecule has 0 saturated carbocycles. The van der Waals surface area contributed by atoms with Crippen molar-refractivity contribution in [3.8, 4) is 5.75 Å². The van der Waals surface area contributed by atoms with Crippen molar-refractivity contribution in [1.29, 1.82) is 0 Å². The molecule has 21 heavy (non-hydrogen) atoms. The molecule has 0 spiro atoms. The molecule has 0 aliphatic rings. The Hall–Kier alpha value is -2.14. The average molecular weight is 302 g/mol. The molecule has 0 aliphatic heterocycles. The SMILES string of the molecule is NC(=S)CCn1cccc(OCCc2ccccc2)c1=O. The maximum Gasteiger partial charge on any atom is 0.292 e. The topological polar surface area (TPSA) is 57.2 Å². The Morgan fingerprint density at radius 1 is 1.19 bits per heavy atom. The summed E-state index contributed by atoms with van der Waals surface area (Å²) in [4.78, 5) is 12.6. The molecule has 0 radical (unpaired) electrons. The van der Waals surface area contributed by atoms with Crippen molar-refractivity contribution in [2.24, 2.45) is 5.73 Å². The molecule has 2 aromatic rings. The summed E-state index contributed by atoms with van der Waals surface area (Å²) in [6.07, 6.45) is 2.98. The van der Waals surface area contributed by atoms with Gasteiger partial charge in [-0.3, -0.25) is 4.79 Å². The Bertz CT molecular complexity index is 653. The van der Waals surface area contributed by atoms with Gasteiger partial charge in [-0.2, -0.15) is 0 Å². The van der Waals surface area contributed by atoms with Crippen LogP contribution in [-0.2, 0) is 13.0 Å². The van der Waals surface area contributed by atoms with E-state index >= 15 is 0 Å². The predicted molar refractivity (Wildman–Crippen MR) is 87.7 cm³/mol. The number of rotatable bonds is 7. The first-order chi connectivity index (χ1) is 10.2. The van der Waals surface area contributed by atoms with Crippen LogP contribution in [0.2, 0.25) is 0 Å². The van der Waals surface area contributed by atoms with Crippen LogP contribution in [0.15, 0.2) is 53.5 Å². The van der Waals surface area contributed by atoms with E-state index < -0.39 is 0 Å². The van der Waals surface area contributed by atoms with Crippen LogP contribution < -0.4 is 16.0 Å². The van der Waals surface area contributed by atoms with Crippen LogP contribution in [-0.4, -0.2) is 16.2 Å². The van der Waals surface area contributed by atoms with Crippen molar-refractivity contribution >= 4 is 17.2 Å². The molecule has 1 aromatic heterocycles. The standard InChI is InChI=1S/C16H18N2O2S/c17-15(21)8-11-18-10-4-7-14(16(18)19)20-12-9-13-5-2-1-3-6-13/h1-7,10H,8-9,11-12H2,(H2,17,21). The molecule has 0 saturated heterocycles. The molecule has 1 aromatic carbocycles. The lowest BCUT2D eigenvalue weighted by atomic mass is 10.2. The van der Waals surface area contributed by atoms with Gasteiger partial charge >= 0.3 is 0 Å². The van der Waals surface area contributed by atoms with Gasteiger partial charge in [-0.1, -0.05) is 42.5 Å². The van der Waals surface area contributed by atoms with E-state index in [1.165, 1.54) is 5.56 Å². The first kappa shape index (κ1) is 15.3. The highest BCUT2D eigenvalue weighted by Gasteiger charge is 2.04. The first-order valence-corrected chi connectivity index (χ1v) is 7.22. The van der Waals surface area contributed by atoms with Crippen molar-refractivity contribution in [2.45, 2.75) is 19.4 Å². The van der Waals surface area contributed by atoms with Gasteiger partial charge in [0.15, 0.2) is 5.75 Å². The monoisotopic (exact) mass is 302 g/mol. The molecule has 0 atom stereocenters. The van der Waals surface area contributed by atoms with Gasteiger partial charge in [0.25, 0.3) is 5.56 Å². The lowest BCUT2D eigenvalue weighted by Crippen LogP contribution is -2.24. The van der Waals surface area contributed by atoms with Crippen LogP contribution in [0, 0.1) is 0 Å². The van der Waals surface area contributed by atoms with Gasteiger partial charge in [-0.25, -0.2) is 0 Å². The second kappa shape index (κ2) is 7.59. The highest BCUT2D eigenvalue weighted by molar-refractivity contribution is 7.80. The first-order valence-electron chi connectivity index (χ1n) is 6.81. The number of aryl methyl sites for hydroxylation is 1. The van der Waals surface area contributed by atoms with Crippen molar-refractivity contribution < 1.29 is 4.74 Å². The van der Waals surface area contributed by atoms with Gasteiger partial charge in [0.2, 0.25) is 0 Å². The summed E-state index contributed by atoms with van der Waals surface area (Å²) in [7, 11) is 0. The van der Waals surface area contributed by atoms with E-state index in [1.807, 2.05) is 30.3 Å². The molecule has 2 N–H and O–H groups in total. The minimum atomic E-state index is -0.151. The maximum atomic E-state index is 12.2. The summed E-state index contributed by atoms with van der Waals surface area (Å²) in [6.45, 7) is 0.947. The number of aromatic nitrogens is 1. The predicted octanol–water partition coefficient (Wildman–Crippen LogP) is 2.15. The number of nitrogens with zero attached hydrogens (tertiary/aromatic N) is 1. The van der Waals surface area contributed by atoms with Crippen LogP contribution in [0.5, 0.6) is 5.75 Å². The smallest absolute Gasteiger partial charge is 0.292 e. The third-order valence-electron chi connectivity index (χ3n) is 3.08. The van der Waals surface area contributed by atoms with Crippen molar-refractivity contribution in [3.63, 3.8) is 0 Å².